The van der Waals surface area contributed by atoms with Gasteiger partial charge in [-0.2, -0.15) is 4.72 Å². The predicted octanol–water partition coefficient (Wildman–Crippen LogP) is 0.300. The Hall–Kier alpha value is -1.84. The van der Waals surface area contributed by atoms with Crippen molar-refractivity contribution in [1.29, 1.82) is 0 Å². The van der Waals surface area contributed by atoms with Gasteiger partial charge in [0.1, 0.15) is 0 Å². The zero-order valence-corrected chi connectivity index (χ0v) is 11.0. The van der Waals surface area contributed by atoms with Crippen LogP contribution in [-0.2, 0) is 10.0 Å². The van der Waals surface area contributed by atoms with Gasteiger partial charge in [0.15, 0.2) is 0 Å². The molecule has 1 rings (SSSR count). The molecule has 6 heteroatoms. The molecule has 0 spiro atoms. The van der Waals surface area contributed by atoms with E-state index in [0.29, 0.717) is 5.56 Å². The average molecular weight is 266 g/mol. The van der Waals surface area contributed by atoms with Gasteiger partial charge in [0, 0.05) is 19.7 Å². The second-order valence-corrected chi connectivity index (χ2v) is 5.52. The zero-order valence-electron chi connectivity index (χ0n) is 10.2. The van der Waals surface area contributed by atoms with E-state index in [1.165, 1.54) is 23.1 Å². The lowest BCUT2D eigenvalue weighted by Gasteiger charge is -2.11. The average Bonchev–Trinajstić information content (AvgIpc) is 2.35. The summed E-state index contributed by atoms with van der Waals surface area (Å²) in [6.45, 7) is -0.0891. The van der Waals surface area contributed by atoms with Crippen LogP contribution in [-0.4, -0.2) is 39.9 Å². The maximum absolute atomic E-state index is 11.8. The first-order valence-electron chi connectivity index (χ1n) is 5.13. The molecule has 0 aromatic heterocycles. The van der Waals surface area contributed by atoms with E-state index in [0.717, 1.165) is 0 Å². The Morgan fingerprint density at radius 3 is 2.67 bits per heavy atom. The first-order chi connectivity index (χ1) is 8.38. The summed E-state index contributed by atoms with van der Waals surface area (Å²) in [5.74, 6) is 1.92. The fraction of sp³-hybridized carbons (Fsp3) is 0.250. The highest BCUT2D eigenvalue weighted by molar-refractivity contribution is 7.89. The van der Waals surface area contributed by atoms with E-state index in [2.05, 4.69) is 10.6 Å². The molecule has 1 aromatic carbocycles. The van der Waals surface area contributed by atoms with Crippen molar-refractivity contribution < 1.29 is 13.2 Å². The molecule has 1 aromatic rings. The molecule has 0 fully saturated rings. The first kappa shape index (κ1) is 14.2. The summed E-state index contributed by atoms with van der Waals surface area (Å²) in [5.41, 5.74) is 0.309. The van der Waals surface area contributed by atoms with Gasteiger partial charge in [-0.3, -0.25) is 4.79 Å². The molecular formula is C12H14N2O3S. The van der Waals surface area contributed by atoms with Crippen LogP contribution in [0.5, 0.6) is 0 Å². The minimum Gasteiger partial charge on any atom is -0.345 e. The van der Waals surface area contributed by atoms with E-state index >= 15 is 0 Å². The SMILES string of the molecule is C#CCNS(=O)(=O)c1cccc(C(=O)N(C)C)c1. The molecule has 1 N–H and O–H groups in total. The summed E-state index contributed by atoms with van der Waals surface area (Å²) in [4.78, 5) is 13.1. The molecule has 0 radical (unpaired) electrons. The molecule has 0 unspecified atom stereocenters. The number of sulfonamides is 1. The van der Waals surface area contributed by atoms with Crippen molar-refractivity contribution in [2.75, 3.05) is 20.6 Å². The number of carbonyl (C=O) groups is 1. The molecule has 0 heterocycles. The van der Waals surface area contributed by atoms with Crippen molar-refractivity contribution in [3.05, 3.63) is 29.8 Å². The number of hydrogen-bond acceptors (Lipinski definition) is 3. The molecule has 0 saturated heterocycles. The minimum atomic E-state index is -3.67. The van der Waals surface area contributed by atoms with Crippen molar-refractivity contribution in [3.8, 4) is 12.3 Å². The van der Waals surface area contributed by atoms with E-state index in [1.807, 2.05) is 0 Å². The molecule has 0 atom stereocenters. The van der Waals surface area contributed by atoms with E-state index in [9.17, 15) is 13.2 Å². The number of nitrogens with one attached hydrogen (secondary N) is 1. The van der Waals surface area contributed by atoms with Gasteiger partial charge >= 0.3 is 0 Å². The molecule has 0 bridgehead atoms. The Morgan fingerprint density at radius 1 is 1.44 bits per heavy atom. The maximum atomic E-state index is 11.8. The summed E-state index contributed by atoms with van der Waals surface area (Å²) < 4.78 is 25.8. The molecular weight excluding hydrogens is 252 g/mol. The Balaban J connectivity index is 3.10. The van der Waals surface area contributed by atoms with Crippen molar-refractivity contribution in [2.24, 2.45) is 0 Å². The van der Waals surface area contributed by atoms with Gasteiger partial charge in [-0.05, 0) is 18.2 Å². The third-order valence-corrected chi connectivity index (χ3v) is 3.56. The largest absolute Gasteiger partial charge is 0.345 e. The van der Waals surface area contributed by atoms with Crippen LogP contribution in [0.25, 0.3) is 0 Å². The lowest BCUT2D eigenvalue weighted by Crippen LogP contribution is -2.25. The van der Waals surface area contributed by atoms with E-state index in [1.54, 1.807) is 20.2 Å². The Bertz CT molecular complexity index is 586. The van der Waals surface area contributed by atoms with Crippen LogP contribution in [0.4, 0.5) is 0 Å². The second kappa shape index (κ2) is 5.67. The highest BCUT2D eigenvalue weighted by Crippen LogP contribution is 2.12. The second-order valence-electron chi connectivity index (χ2n) is 3.76. The number of amides is 1. The van der Waals surface area contributed by atoms with Gasteiger partial charge in [0.2, 0.25) is 10.0 Å². The van der Waals surface area contributed by atoms with Crippen LogP contribution < -0.4 is 4.72 Å². The van der Waals surface area contributed by atoms with Crippen LogP contribution in [0.2, 0.25) is 0 Å². The van der Waals surface area contributed by atoms with E-state index in [4.69, 9.17) is 6.42 Å². The van der Waals surface area contributed by atoms with Crippen LogP contribution in [0.1, 0.15) is 10.4 Å². The van der Waals surface area contributed by atoms with Crippen LogP contribution in [0.15, 0.2) is 29.2 Å². The van der Waals surface area contributed by atoms with Gasteiger partial charge in [-0.1, -0.05) is 12.0 Å². The lowest BCUT2D eigenvalue weighted by atomic mass is 10.2. The number of nitrogens with zero attached hydrogens (tertiary/aromatic N) is 1. The van der Waals surface area contributed by atoms with Crippen LogP contribution in [0.3, 0.4) is 0 Å². The molecule has 0 aliphatic rings. The van der Waals surface area contributed by atoms with Gasteiger partial charge in [-0.15, -0.1) is 6.42 Å². The summed E-state index contributed by atoms with van der Waals surface area (Å²) >= 11 is 0. The standard InChI is InChI=1S/C12H14N2O3S/c1-4-8-13-18(16,17)11-7-5-6-10(9-11)12(15)14(2)3/h1,5-7,9,13H,8H2,2-3H3. The minimum absolute atomic E-state index is 0.0189. The van der Waals surface area contributed by atoms with Gasteiger partial charge < -0.3 is 4.90 Å². The highest BCUT2D eigenvalue weighted by atomic mass is 32.2. The van der Waals surface area contributed by atoms with Crippen molar-refractivity contribution in [1.82, 2.24) is 9.62 Å². The highest BCUT2D eigenvalue weighted by Gasteiger charge is 2.16. The fourth-order valence-electron chi connectivity index (χ4n) is 1.27. The molecule has 0 aliphatic heterocycles. The molecule has 5 nitrogen and oxygen atoms in total. The number of benzene rings is 1. The topological polar surface area (TPSA) is 66.5 Å². The summed E-state index contributed by atoms with van der Waals surface area (Å²) in [7, 11) is -0.473. The summed E-state index contributed by atoms with van der Waals surface area (Å²) in [6, 6.07) is 5.80. The van der Waals surface area contributed by atoms with Gasteiger partial charge in [0.25, 0.3) is 5.91 Å². The normalized spacial score (nSPS) is 10.7. The first-order valence-corrected chi connectivity index (χ1v) is 6.61. The summed E-state index contributed by atoms with van der Waals surface area (Å²) in [6.07, 6.45) is 4.99. The molecule has 0 aliphatic carbocycles. The quantitative estimate of drug-likeness (QED) is 0.797. The van der Waals surface area contributed by atoms with Crippen molar-refractivity contribution >= 4 is 15.9 Å². The van der Waals surface area contributed by atoms with E-state index in [-0.39, 0.29) is 17.3 Å². The number of hydrogen-bond donors (Lipinski definition) is 1. The Morgan fingerprint density at radius 2 is 2.11 bits per heavy atom. The van der Waals surface area contributed by atoms with Gasteiger partial charge in [-0.25, -0.2) is 8.42 Å². The Kier molecular flexibility index (Phi) is 4.48. The predicted molar refractivity (Wildman–Crippen MR) is 68.5 cm³/mol. The molecule has 18 heavy (non-hydrogen) atoms. The van der Waals surface area contributed by atoms with Crippen molar-refractivity contribution in [3.63, 3.8) is 0 Å². The summed E-state index contributed by atoms with van der Waals surface area (Å²) in [5, 5.41) is 0. The molecule has 96 valence electrons. The monoisotopic (exact) mass is 266 g/mol. The van der Waals surface area contributed by atoms with E-state index < -0.39 is 10.0 Å². The molecule has 1 amide bonds. The van der Waals surface area contributed by atoms with Crippen LogP contribution >= 0.6 is 0 Å². The number of terminal acetylenes is 1. The zero-order chi connectivity index (χ0) is 13.8. The smallest absolute Gasteiger partial charge is 0.253 e. The lowest BCUT2D eigenvalue weighted by molar-refractivity contribution is 0.0827. The van der Waals surface area contributed by atoms with Crippen LogP contribution in [0, 0.1) is 12.3 Å². The third-order valence-electron chi connectivity index (χ3n) is 2.16. The van der Waals surface area contributed by atoms with Crippen molar-refractivity contribution in [2.45, 2.75) is 4.90 Å². The fourth-order valence-corrected chi connectivity index (χ4v) is 2.25. The Labute approximate surface area is 107 Å². The number of rotatable bonds is 4. The third kappa shape index (κ3) is 3.32. The maximum Gasteiger partial charge on any atom is 0.253 e. The van der Waals surface area contributed by atoms with Gasteiger partial charge in [0.05, 0.1) is 11.4 Å². The molecule has 0 saturated carbocycles. The number of carbonyl (C=O) groups excluding carboxylic acids is 1.